The number of fused-ring (bicyclic) bond motifs is 6. The van der Waals surface area contributed by atoms with Gasteiger partial charge in [0.05, 0.1) is 48.0 Å². The number of carbonyl (C=O) groups is 4. The highest BCUT2D eigenvalue weighted by Gasteiger charge is 2.30. The highest BCUT2D eigenvalue weighted by atomic mass is 32.2. The molecular weight excluding hydrogens is 1320 g/mol. The molecule has 1 amide bonds. The molecule has 7 N–H and O–H groups in total. The number of rotatable bonds is 9. The fraction of sp³-hybridized carbons (Fsp3) is 0.215. The number of imidazole rings is 1. The van der Waals surface area contributed by atoms with Crippen LogP contribution in [0.15, 0.2) is 166 Å². The van der Waals surface area contributed by atoms with E-state index in [1.165, 1.54) is 66.5 Å². The summed E-state index contributed by atoms with van der Waals surface area (Å²) in [5, 5.41) is 27.9. The highest BCUT2D eigenvalue weighted by molar-refractivity contribution is 7.90. The number of anilines is 1. The molecule has 0 radical (unpaired) electrons. The van der Waals surface area contributed by atoms with Gasteiger partial charge in [-0.2, -0.15) is 0 Å². The van der Waals surface area contributed by atoms with Crippen LogP contribution in [0.2, 0.25) is 0 Å². The number of benzene rings is 4. The van der Waals surface area contributed by atoms with Gasteiger partial charge in [0.25, 0.3) is 55.4 Å². The molecule has 11 heterocycles. The number of nitrogens with zero attached hydrogens (tertiary/aromatic N) is 7. The number of ether oxygens (including phenoxy) is 3. The number of amides is 1. The second-order valence-electron chi connectivity index (χ2n) is 22.0. The number of halogens is 1. The molecule has 0 saturated heterocycles. The van der Waals surface area contributed by atoms with E-state index in [1.54, 1.807) is 61.3 Å². The Hall–Kier alpha value is -10.8. The van der Waals surface area contributed by atoms with Crippen molar-refractivity contribution < 1.29 is 78.4 Å². The van der Waals surface area contributed by atoms with Gasteiger partial charge in [0.1, 0.15) is 24.8 Å². The van der Waals surface area contributed by atoms with Crippen molar-refractivity contribution in [2.45, 2.75) is 33.9 Å². The molecule has 6 aromatic heterocycles. The molecule has 0 atom stereocenters. The van der Waals surface area contributed by atoms with Gasteiger partial charge in [-0.1, -0.05) is 18.2 Å². The summed E-state index contributed by atoms with van der Waals surface area (Å²) in [4.78, 5) is 66.9. The zero-order valence-corrected chi connectivity index (χ0v) is 54.3. The molecule has 5 aliphatic rings. The Morgan fingerprint density at radius 1 is 0.557 bits per heavy atom. The molecule has 0 saturated carbocycles. The van der Waals surface area contributed by atoms with Gasteiger partial charge in [0, 0.05) is 97.2 Å². The van der Waals surface area contributed by atoms with Crippen LogP contribution < -0.4 is 30.5 Å². The number of aromatic amines is 2. The summed E-state index contributed by atoms with van der Waals surface area (Å²) in [6.07, 6.45) is 16.9. The van der Waals surface area contributed by atoms with Crippen molar-refractivity contribution in [1.82, 2.24) is 47.0 Å². The van der Waals surface area contributed by atoms with Crippen molar-refractivity contribution in [3.8, 4) is 17.2 Å². The number of carboxylic acid groups (broad SMARTS) is 3. The fourth-order valence-electron chi connectivity index (χ4n) is 11.4. The standard InChI is InChI=1S/C21H19FN2O4S.C21H20N4O4S.C20H19N5O3S.3CH2O2/c22-15-1-3-19-17(11-15)18(14-5-7-23-8-6-14)13-24(19)29(25,26)16-2-4-20-21(12-16)28-10-9-27-20;1-24-9-6-14(7-10-24)17-12-25(21-16(17)3-2-8-22-21)30(27,28)15-4-5-19-18(11-15)23-20(26)13-29-19;1-24-9-6-13(7-10-24)15-12-25(18-3-2-8-21-19(15)18)29(27,28)14-4-5-16-17(11-14)23-20(26)22-16;3*2-1-3/h1-5,11-13,23H,6-10H2;2-6,8,11-12H,7,9-10,13H2,1H3,(H,23,26);2-6,8,11-12H,7,9-10H2,1H3,(H2,22,23,26);3*1H,(H,2,3). The van der Waals surface area contributed by atoms with E-state index < -0.39 is 35.9 Å². The third-order valence-corrected chi connectivity index (χ3v) is 21.0. The van der Waals surface area contributed by atoms with Crippen molar-refractivity contribution in [3.05, 3.63) is 179 Å². The minimum Gasteiger partial charge on any atom is -0.486 e. The first-order valence-corrected chi connectivity index (χ1v) is 34.0. The second-order valence-corrected chi connectivity index (χ2v) is 27.5. The predicted octanol–water partition coefficient (Wildman–Crippen LogP) is 6.75. The summed E-state index contributed by atoms with van der Waals surface area (Å²) in [5.74, 6) is 0.655. The van der Waals surface area contributed by atoms with Crippen LogP contribution in [-0.4, -0.2) is 181 Å². The number of nitrogens with one attached hydrogen (secondary N) is 4. The van der Waals surface area contributed by atoms with Crippen LogP contribution in [0.25, 0.3) is 60.7 Å². The molecular formula is C65H64FN11O17S3. The normalized spacial score (nSPS) is 15.4. The Balaban J connectivity index is 0.000000149. The van der Waals surface area contributed by atoms with E-state index in [0.717, 1.165) is 90.8 Å². The molecule has 4 aromatic carbocycles. The van der Waals surface area contributed by atoms with Gasteiger partial charge in [0.15, 0.2) is 23.8 Å². The SMILES string of the molecule is CN1CC=C(c2cn(S(=O)(=O)c3ccc4[nH]c(=O)[nH]c4c3)c3cccnc23)CC1.CN1CC=C(c2cn(S(=O)(=O)c3ccc4c(c3)NC(=O)CO4)c3ncccc23)CC1.O=CO.O=CO.O=CO.O=S(=O)(c1ccc2c(c1)OCCO2)n1cc(C2=CCNCC2)c2cc(F)ccc21. The summed E-state index contributed by atoms with van der Waals surface area (Å²) in [6, 6.07) is 25.0. The predicted molar refractivity (Wildman–Crippen MR) is 358 cm³/mol. The average molecular weight is 1390 g/mol. The molecule has 0 fully saturated rings. The van der Waals surface area contributed by atoms with Gasteiger partial charge in [0.2, 0.25) is 0 Å². The molecule has 28 nitrogen and oxygen atoms in total. The van der Waals surface area contributed by atoms with Crippen LogP contribution in [0, 0.1) is 5.82 Å². The van der Waals surface area contributed by atoms with Gasteiger partial charge >= 0.3 is 5.69 Å². The van der Waals surface area contributed by atoms with Crippen LogP contribution in [0.3, 0.4) is 0 Å². The lowest BCUT2D eigenvalue weighted by atomic mass is 10.00. The average Bonchev–Trinajstić information content (AvgIpc) is 1.63. The Bertz CT molecular complexity index is 5160. The molecule has 506 valence electrons. The van der Waals surface area contributed by atoms with E-state index in [-0.39, 0.29) is 52.3 Å². The van der Waals surface area contributed by atoms with Crippen molar-refractivity contribution in [1.29, 1.82) is 0 Å². The van der Waals surface area contributed by atoms with Crippen molar-refractivity contribution in [2.24, 2.45) is 0 Å². The zero-order valence-electron chi connectivity index (χ0n) is 51.9. The van der Waals surface area contributed by atoms with Crippen molar-refractivity contribution >= 4 is 122 Å². The summed E-state index contributed by atoms with van der Waals surface area (Å²) in [5.41, 5.74) is 8.69. The lowest BCUT2D eigenvalue weighted by Crippen LogP contribution is -2.25. The molecule has 0 bridgehead atoms. The summed E-state index contributed by atoms with van der Waals surface area (Å²) >= 11 is 0. The van der Waals surface area contributed by atoms with Crippen LogP contribution in [0.4, 0.5) is 10.1 Å². The van der Waals surface area contributed by atoms with Crippen molar-refractivity contribution in [2.75, 3.05) is 78.5 Å². The molecule has 0 spiro atoms. The number of hydrogen-bond donors (Lipinski definition) is 7. The third-order valence-electron chi connectivity index (χ3n) is 16.0. The highest BCUT2D eigenvalue weighted by Crippen LogP contribution is 2.39. The Kier molecular flexibility index (Phi) is 21.3. The first-order chi connectivity index (χ1) is 46.6. The van der Waals surface area contributed by atoms with Gasteiger partial charge in [-0.25, -0.2) is 51.3 Å². The van der Waals surface area contributed by atoms with Gasteiger partial charge in [-0.05, 0) is 148 Å². The quantitative estimate of drug-likeness (QED) is 0.0734. The Morgan fingerprint density at radius 2 is 1.11 bits per heavy atom. The zero-order chi connectivity index (χ0) is 69.2. The maximum absolute atomic E-state index is 14.0. The third kappa shape index (κ3) is 14.9. The van der Waals surface area contributed by atoms with E-state index in [4.69, 9.17) is 43.9 Å². The maximum Gasteiger partial charge on any atom is 0.323 e. The number of aromatic nitrogens is 7. The van der Waals surface area contributed by atoms with E-state index in [9.17, 15) is 39.2 Å². The van der Waals surface area contributed by atoms with Crippen LogP contribution in [-0.2, 0) is 49.2 Å². The van der Waals surface area contributed by atoms with Crippen molar-refractivity contribution in [3.63, 3.8) is 0 Å². The number of hydrogen-bond acceptors (Lipinski definition) is 19. The lowest BCUT2D eigenvalue weighted by Gasteiger charge is -2.21. The molecule has 0 aliphatic carbocycles. The lowest BCUT2D eigenvalue weighted by molar-refractivity contribution is -0.123. The molecule has 10 aromatic rings. The van der Waals surface area contributed by atoms with E-state index in [0.29, 0.717) is 81.3 Å². The van der Waals surface area contributed by atoms with Crippen LogP contribution in [0.1, 0.15) is 36.0 Å². The molecule has 32 heteroatoms. The topological polar surface area (TPSA) is 379 Å². The van der Waals surface area contributed by atoms with E-state index >= 15 is 0 Å². The molecule has 97 heavy (non-hydrogen) atoms. The minimum absolute atomic E-state index is 0.0542. The maximum atomic E-state index is 14.0. The van der Waals surface area contributed by atoms with Crippen LogP contribution >= 0.6 is 0 Å². The van der Waals surface area contributed by atoms with E-state index in [2.05, 4.69) is 66.6 Å². The smallest absolute Gasteiger partial charge is 0.323 e. The number of likely N-dealkylation sites (N-methyl/N-ethyl adjacent to an activating group) is 2. The molecule has 15 rings (SSSR count). The molecule has 0 unspecified atom stereocenters. The Labute approximate surface area is 553 Å². The Morgan fingerprint density at radius 3 is 1.78 bits per heavy atom. The van der Waals surface area contributed by atoms with Gasteiger partial charge < -0.3 is 59.9 Å². The number of carbonyl (C=O) groups excluding carboxylic acids is 1. The number of H-pyrrole nitrogens is 2. The van der Waals surface area contributed by atoms with E-state index in [1.807, 2.05) is 18.2 Å². The monoisotopic (exact) mass is 1390 g/mol. The largest absolute Gasteiger partial charge is 0.486 e. The number of pyridine rings is 2. The van der Waals surface area contributed by atoms with Gasteiger partial charge in [-0.15, -0.1) is 0 Å². The summed E-state index contributed by atoms with van der Waals surface area (Å²) < 4.78 is 115. The second kappa shape index (κ2) is 29.9. The first kappa shape index (κ1) is 69.1. The first-order valence-electron chi connectivity index (χ1n) is 29.7. The minimum atomic E-state index is -3.94. The summed E-state index contributed by atoms with van der Waals surface area (Å²) in [7, 11) is -7.61. The van der Waals surface area contributed by atoms with Crippen LogP contribution in [0.5, 0.6) is 17.2 Å². The summed E-state index contributed by atoms with van der Waals surface area (Å²) in [6.45, 7) is 4.92. The van der Waals surface area contributed by atoms with Gasteiger partial charge in [-0.3, -0.25) is 24.2 Å². The molecule has 5 aliphatic heterocycles. The fourth-order valence-corrected chi connectivity index (χ4v) is 15.5.